The molecule has 1 saturated carbocycles. The van der Waals surface area contributed by atoms with Gasteiger partial charge in [-0.3, -0.25) is 4.79 Å². The molecule has 0 aliphatic heterocycles. The van der Waals surface area contributed by atoms with Crippen LogP contribution in [-0.2, 0) is 11.3 Å². The van der Waals surface area contributed by atoms with Crippen molar-refractivity contribution < 1.29 is 9.90 Å². The minimum atomic E-state index is -0.0930. The monoisotopic (exact) mass is 253 g/mol. The number of nitrogens with zero attached hydrogens (tertiary/aromatic N) is 4. The highest BCUT2D eigenvalue weighted by Crippen LogP contribution is 2.28. The highest BCUT2D eigenvalue weighted by Gasteiger charge is 2.24. The van der Waals surface area contributed by atoms with E-state index >= 15 is 0 Å². The highest BCUT2D eigenvalue weighted by molar-refractivity contribution is 5.75. The molecule has 100 valence electrons. The molecule has 1 aromatic rings. The topological polar surface area (TPSA) is 92.9 Å². The van der Waals surface area contributed by atoms with E-state index < -0.39 is 0 Å². The summed E-state index contributed by atoms with van der Waals surface area (Å²) in [7, 11) is 0. The van der Waals surface area contributed by atoms with E-state index in [1.807, 2.05) is 0 Å². The minimum Gasteiger partial charge on any atom is -0.396 e. The number of tetrazole rings is 1. The SMILES string of the molecule is O=C(Cn1cnnn1)NCC1CCCCC1CO. The maximum Gasteiger partial charge on any atom is 0.241 e. The zero-order valence-corrected chi connectivity index (χ0v) is 10.3. The number of hydrogen-bond acceptors (Lipinski definition) is 5. The molecule has 18 heavy (non-hydrogen) atoms. The van der Waals surface area contributed by atoms with E-state index in [2.05, 4.69) is 20.8 Å². The summed E-state index contributed by atoms with van der Waals surface area (Å²) in [6.45, 7) is 0.989. The first kappa shape index (κ1) is 12.9. The van der Waals surface area contributed by atoms with Crippen molar-refractivity contribution in [3.05, 3.63) is 6.33 Å². The minimum absolute atomic E-state index is 0.0930. The molecular formula is C11H19N5O2. The number of aromatic nitrogens is 4. The fourth-order valence-electron chi connectivity index (χ4n) is 2.49. The van der Waals surface area contributed by atoms with Crippen molar-refractivity contribution in [3.63, 3.8) is 0 Å². The van der Waals surface area contributed by atoms with Crippen LogP contribution in [0.1, 0.15) is 25.7 Å². The van der Waals surface area contributed by atoms with E-state index in [0.717, 1.165) is 12.8 Å². The van der Waals surface area contributed by atoms with Crippen LogP contribution in [0.2, 0.25) is 0 Å². The van der Waals surface area contributed by atoms with E-state index in [9.17, 15) is 9.90 Å². The van der Waals surface area contributed by atoms with Gasteiger partial charge in [0.2, 0.25) is 5.91 Å². The molecule has 2 atom stereocenters. The van der Waals surface area contributed by atoms with Crippen LogP contribution in [0.25, 0.3) is 0 Å². The lowest BCUT2D eigenvalue weighted by Gasteiger charge is -2.30. The maximum atomic E-state index is 11.7. The summed E-state index contributed by atoms with van der Waals surface area (Å²) in [5.74, 6) is 0.623. The van der Waals surface area contributed by atoms with Gasteiger partial charge in [-0.05, 0) is 35.1 Å². The predicted octanol–water partition coefficient (Wildman–Crippen LogP) is -0.412. The summed E-state index contributed by atoms with van der Waals surface area (Å²) in [6.07, 6.45) is 5.92. The van der Waals surface area contributed by atoms with Crippen LogP contribution in [0.3, 0.4) is 0 Å². The molecule has 2 rings (SSSR count). The summed E-state index contributed by atoms with van der Waals surface area (Å²) in [5.41, 5.74) is 0. The van der Waals surface area contributed by atoms with E-state index in [4.69, 9.17) is 0 Å². The Kier molecular flexibility index (Phi) is 4.63. The Morgan fingerprint density at radius 3 is 2.83 bits per heavy atom. The molecule has 2 N–H and O–H groups in total. The van der Waals surface area contributed by atoms with Gasteiger partial charge >= 0.3 is 0 Å². The summed E-state index contributed by atoms with van der Waals surface area (Å²) < 4.78 is 1.39. The van der Waals surface area contributed by atoms with E-state index in [1.54, 1.807) is 0 Å². The number of amides is 1. The Labute approximate surface area is 106 Å². The van der Waals surface area contributed by atoms with Gasteiger partial charge in [-0.15, -0.1) is 5.10 Å². The third-order valence-electron chi connectivity index (χ3n) is 3.56. The molecule has 1 aliphatic rings. The molecule has 0 spiro atoms. The van der Waals surface area contributed by atoms with Gasteiger partial charge in [-0.2, -0.15) is 0 Å². The summed E-state index contributed by atoms with van der Waals surface area (Å²) >= 11 is 0. The third-order valence-corrected chi connectivity index (χ3v) is 3.56. The van der Waals surface area contributed by atoms with Crippen LogP contribution in [0, 0.1) is 11.8 Å². The largest absolute Gasteiger partial charge is 0.396 e. The third kappa shape index (κ3) is 3.49. The average Bonchev–Trinajstić information content (AvgIpc) is 2.89. The molecule has 7 nitrogen and oxygen atoms in total. The van der Waals surface area contributed by atoms with Crippen molar-refractivity contribution in [2.45, 2.75) is 32.2 Å². The van der Waals surface area contributed by atoms with Crippen LogP contribution in [0.5, 0.6) is 0 Å². The van der Waals surface area contributed by atoms with Gasteiger partial charge in [0.05, 0.1) is 0 Å². The Hall–Kier alpha value is -1.50. The lowest BCUT2D eigenvalue weighted by atomic mass is 9.79. The highest BCUT2D eigenvalue weighted by atomic mass is 16.3. The van der Waals surface area contributed by atoms with Gasteiger partial charge < -0.3 is 10.4 Å². The molecule has 1 fully saturated rings. The molecule has 0 radical (unpaired) electrons. The standard InChI is InChI=1S/C11H19N5O2/c17-7-10-4-2-1-3-9(10)5-12-11(18)6-16-8-13-14-15-16/h8-10,17H,1-7H2,(H,12,18). The number of aliphatic hydroxyl groups excluding tert-OH is 1. The van der Waals surface area contributed by atoms with Crippen molar-refractivity contribution in [2.75, 3.05) is 13.2 Å². The van der Waals surface area contributed by atoms with Crippen molar-refractivity contribution in [1.29, 1.82) is 0 Å². The average molecular weight is 253 g/mol. The molecule has 0 bridgehead atoms. The van der Waals surface area contributed by atoms with E-state index in [0.29, 0.717) is 18.4 Å². The van der Waals surface area contributed by atoms with Gasteiger partial charge in [-0.1, -0.05) is 12.8 Å². The molecule has 1 heterocycles. The number of carbonyl (C=O) groups is 1. The second kappa shape index (κ2) is 6.44. The number of aliphatic hydroxyl groups is 1. The van der Waals surface area contributed by atoms with Crippen molar-refractivity contribution in [3.8, 4) is 0 Å². The molecule has 1 aromatic heterocycles. The van der Waals surface area contributed by atoms with Gasteiger partial charge in [0.15, 0.2) is 0 Å². The molecule has 1 aliphatic carbocycles. The molecule has 1 amide bonds. The molecule has 0 saturated heterocycles. The van der Waals surface area contributed by atoms with Crippen molar-refractivity contribution in [2.24, 2.45) is 11.8 Å². The number of rotatable bonds is 5. The first-order chi connectivity index (χ1) is 8.79. The number of hydrogen-bond donors (Lipinski definition) is 2. The number of carbonyl (C=O) groups excluding carboxylic acids is 1. The molecule has 7 heteroatoms. The van der Waals surface area contributed by atoms with Gasteiger partial charge in [0.25, 0.3) is 0 Å². The first-order valence-electron chi connectivity index (χ1n) is 6.38. The van der Waals surface area contributed by atoms with Crippen molar-refractivity contribution in [1.82, 2.24) is 25.5 Å². The van der Waals surface area contributed by atoms with E-state index in [1.165, 1.54) is 23.9 Å². The molecule has 0 aromatic carbocycles. The Morgan fingerprint density at radius 1 is 1.39 bits per heavy atom. The normalized spacial score (nSPS) is 23.8. The summed E-state index contributed by atoms with van der Waals surface area (Å²) in [4.78, 5) is 11.7. The zero-order chi connectivity index (χ0) is 12.8. The van der Waals surface area contributed by atoms with Crippen LogP contribution in [-0.4, -0.2) is 44.4 Å². The predicted molar refractivity (Wildman–Crippen MR) is 63.4 cm³/mol. The summed E-state index contributed by atoms with van der Waals surface area (Å²) in [6, 6.07) is 0. The van der Waals surface area contributed by atoms with Crippen LogP contribution < -0.4 is 5.32 Å². The lowest BCUT2D eigenvalue weighted by Crippen LogP contribution is -2.37. The van der Waals surface area contributed by atoms with Crippen LogP contribution in [0.4, 0.5) is 0 Å². The maximum absolute atomic E-state index is 11.7. The summed E-state index contributed by atoms with van der Waals surface area (Å²) in [5, 5.41) is 22.8. The molecule has 2 unspecified atom stereocenters. The second-order valence-electron chi connectivity index (χ2n) is 4.80. The fourth-order valence-corrected chi connectivity index (χ4v) is 2.49. The Balaban J connectivity index is 1.74. The Bertz CT molecular complexity index is 368. The second-order valence-corrected chi connectivity index (χ2v) is 4.80. The van der Waals surface area contributed by atoms with Crippen LogP contribution >= 0.6 is 0 Å². The molecular weight excluding hydrogens is 234 g/mol. The van der Waals surface area contributed by atoms with Gasteiger partial charge in [-0.25, -0.2) is 4.68 Å². The number of nitrogens with one attached hydrogen (secondary N) is 1. The van der Waals surface area contributed by atoms with Crippen LogP contribution in [0.15, 0.2) is 6.33 Å². The fraction of sp³-hybridized carbons (Fsp3) is 0.818. The zero-order valence-electron chi connectivity index (χ0n) is 10.3. The van der Waals surface area contributed by atoms with E-state index in [-0.39, 0.29) is 19.1 Å². The smallest absolute Gasteiger partial charge is 0.241 e. The van der Waals surface area contributed by atoms with Crippen molar-refractivity contribution >= 4 is 5.91 Å². The quantitative estimate of drug-likeness (QED) is 0.744. The van der Waals surface area contributed by atoms with Gasteiger partial charge in [0, 0.05) is 13.2 Å². The lowest BCUT2D eigenvalue weighted by molar-refractivity contribution is -0.122. The van der Waals surface area contributed by atoms with Gasteiger partial charge in [0.1, 0.15) is 12.9 Å². The Morgan fingerprint density at radius 2 is 2.17 bits per heavy atom. The first-order valence-corrected chi connectivity index (χ1v) is 6.38.